The fourth-order valence-corrected chi connectivity index (χ4v) is 2.76. The highest BCUT2D eigenvalue weighted by molar-refractivity contribution is 5.92. The lowest BCUT2D eigenvalue weighted by molar-refractivity contribution is 0.297. The van der Waals surface area contributed by atoms with Gasteiger partial charge in [-0.15, -0.1) is 0 Å². The van der Waals surface area contributed by atoms with Crippen molar-refractivity contribution >= 4 is 11.6 Å². The molecular weight excluding hydrogens is 278 g/mol. The van der Waals surface area contributed by atoms with Crippen LogP contribution in [0.1, 0.15) is 33.6 Å². The van der Waals surface area contributed by atoms with Gasteiger partial charge in [0.15, 0.2) is 17.5 Å². The lowest BCUT2D eigenvalue weighted by Crippen LogP contribution is -2.24. The second-order valence-electron chi connectivity index (χ2n) is 6.73. The molecule has 0 radical (unpaired) electrons. The SMILES string of the molecule is CC(C)C1(C)CC1N=C(N)Nc1ccc2c(c1)OCCCO2. The van der Waals surface area contributed by atoms with Crippen LogP contribution in [0.25, 0.3) is 0 Å². The molecule has 1 aromatic rings. The molecule has 5 nitrogen and oxygen atoms in total. The van der Waals surface area contributed by atoms with Crippen LogP contribution in [0, 0.1) is 11.3 Å². The van der Waals surface area contributed by atoms with E-state index in [0.29, 0.717) is 31.1 Å². The summed E-state index contributed by atoms with van der Waals surface area (Å²) < 4.78 is 11.3. The minimum absolute atomic E-state index is 0.289. The lowest BCUT2D eigenvalue weighted by atomic mass is 9.94. The Morgan fingerprint density at radius 3 is 2.73 bits per heavy atom. The molecular formula is C17H25N3O2. The number of nitrogens with zero attached hydrogens (tertiary/aromatic N) is 1. The van der Waals surface area contributed by atoms with Crippen LogP contribution in [-0.2, 0) is 0 Å². The standard InChI is InChI=1S/C17H25N3O2/c1-11(2)17(3)10-15(17)20-16(18)19-12-5-6-13-14(9-12)22-8-4-7-21-13/h5-6,9,11,15H,4,7-8,10H2,1-3H3,(H3,18,19,20). The van der Waals surface area contributed by atoms with E-state index in [-0.39, 0.29) is 5.41 Å². The maximum atomic E-state index is 6.04. The molecule has 1 fully saturated rings. The summed E-state index contributed by atoms with van der Waals surface area (Å²) in [6.07, 6.45) is 2.00. The average Bonchev–Trinajstić information content (AvgIpc) is 3.17. The van der Waals surface area contributed by atoms with Gasteiger partial charge in [-0.1, -0.05) is 20.8 Å². The second kappa shape index (κ2) is 5.71. The van der Waals surface area contributed by atoms with E-state index in [2.05, 4.69) is 31.1 Å². The molecule has 5 heteroatoms. The van der Waals surface area contributed by atoms with Crippen LogP contribution >= 0.6 is 0 Å². The van der Waals surface area contributed by atoms with Crippen molar-refractivity contribution in [3.8, 4) is 11.5 Å². The van der Waals surface area contributed by atoms with Crippen LogP contribution < -0.4 is 20.5 Å². The summed E-state index contributed by atoms with van der Waals surface area (Å²) in [5.41, 5.74) is 7.20. The van der Waals surface area contributed by atoms with E-state index in [1.807, 2.05) is 18.2 Å². The molecule has 1 aliphatic carbocycles. The number of rotatable bonds is 3. The molecule has 22 heavy (non-hydrogen) atoms. The molecule has 1 heterocycles. The van der Waals surface area contributed by atoms with Gasteiger partial charge < -0.3 is 20.5 Å². The number of hydrogen-bond acceptors (Lipinski definition) is 3. The molecule has 2 atom stereocenters. The minimum atomic E-state index is 0.289. The van der Waals surface area contributed by atoms with Crippen LogP contribution in [0.4, 0.5) is 5.69 Å². The molecule has 0 spiro atoms. The van der Waals surface area contributed by atoms with Crippen LogP contribution in [0.3, 0.4) is 0 Å². The van der Waals surface area contributed by atoms with Gasteiger partial charge in [0, 0.05) is 18.2 Å². The number of nitrogens with two attached hydrogens (primary N) is 1. The largest absolute Gasteiger partial charge is 0.490 e. The fraction of sp³-hybridized carbons (Fsp3) is 0.588. The van der Waals surface area contributed by atoms with Gasteiger partial charge in [0.25, 0.3) is 0 Å². The first kappa shape index (κ1) is 15.0. The number of nitrogens with one attached hydrogen (secondary N) is 1. The van der Waals surface area contributed by atoms with Crippen LogP contribution in [0.15, 0.2) is 23.2 Å². The molecule has 0 bridgehead atoms. The van der Waals surface area contributed by atoms with E-state index in [0.717, 1.165) is 30.0 Å². The summed E-state index contributed by atoms with van der Waals surface area (Å²) >= 11 is 0. The summed E-state index contributed by atoms with van der Waals surface area (Å²) in [5, 5.41) is 3.15. The van der Waals surface area contributed by atoms with Crippen molar-refractivity contribution in [1.29, 1.82) is 0 Å². The first-order valence-electron chi connectivity index (χ1n) is 7.99. The molecule has 120 valence electrons. The number of fused-ring (bicyclic) bond motifs is 1. The van der Waals surface area contributed by atoms with E-state index in [4.69, 9.17) is 15.2 Å². The smallest absolute Gasteiger partial charge is 0.193 e. The van der Waals surface area contributed by atoms with Crippen LogP contribution in [-0.4, -0.2) is 25.2 Å². The summed E-state index contributed by atoms with van der Waals surface area (Å²) in [6, 6.07) is 6.08. The third-order valence-corrected chi connectivity index (χ3v) is 4.87. The van der Waals surface area contributed by atoms with Gasteiger partial charge >= 0.3 is 0 Å². The monoisotopic (exact) mass is 303 g/mol. The normalized spacial score (nSPS) is 27.5. The van der Waals surface area contributed by atoms with E-state index < -0.39 is 0 Å². The molecule has 1 aliphatic heterocycles. The molecule has 2 unspecified atom stereocenters. The summed E-state index contributed by atoms with van der Waals surface area (Å²) in [4.78, 5) is 4.60. The molecule has 1 saturated carbocycles. The highest BCUT2D eigenvalue weighted by Crippen LogP contribution is 2.53. The Bertz CT molecular complexity index is 585. The average molecular weight is 303 g/mol. The maximum Gasteiger partial charge on any atom is 0.193 e. The Balaban J connectivity index is 1.67. The molecule has 0 aromatic heterocycles. The Morgan fingerprint density at radius 2 is 2.05 bits per heavy atom. The Hall–Kier alpha value is -1.91. The van der Waals surface area contributed by atoms with Gasteiger partial charge in [0.1, 0.15) is 0 Å². The summed E-state index contributed by atoms with van der Waals surface area (Å²) in [6.45, 7) is 8.12. The van der Waals surface area contributed by atoms with Crippen molar-refractivity contribution in [2.45, 2.75) is 39.7 Å². The Labute approximate surface area is 131 Å². The van der Waals surface area contributed by atoms with Gasteiger partial charge in [-0.25, -0.2) is 4.99 Å². The van der Waals surface area contributed by atoms with Gasteiger partial charge in [0.2, 0.25) is 0 Å². The molecule has 0 saturated heterocycles. The van der Waals surface area contributed by atoms with Gasteiger partial charge in [-0.2, -0.15) is 0 Å². The third-order valence-electron chi connectivity index (χ3n) is 4.87. The fourth-order valence-electron chi connectivity index (χ4n) is 2.76. The predicted octanol–water partition coefficient (Wildman–Crippen LogP) is 3.01. The van der Waals surface area contributed by atoms with Gasteiger partial charge in [0.05, 0.1) is 19.3 Å². The lowest BCUT2D eigenvalue weighted by Gasteiger charge is -2.14. The van der Waals surface area contributed by atoms with Crippen LogP contribution in [0.5, 0.6) is 11.5 Å². The molecule has 0 amide bonds. The van der Waals surface area contributed by atoms with Crippen LogP contribution in [0.2, 0.25) is 0 Å². The number of guanidine groups is 1. The predicted molar refractivity (Wildman–Crippen MR) is 88.6 cm³/mol. The van der Waals surface area contributed by atoms with Crippen molar-refractivity contribution in [2.24, 2.45) is 22.1 Å². The molecule has 1 aromatic carbocycles. The van der Waals surface area contributed by atoms with Crippen molar-refractivity contribution in [3.63, 3.8) is 0 Å². The highest BCUT2D eigenvalue weighted by atomic mass is 16.5. The zero-order valence-electron chi connectivity index (χ0n) is 13.6. The molecule has 3 rings (SSSR count). The third kappa shape index (κ3) is 2.98. The van der Waals surface area contributed by atoms with Crippen molar-refractivity contribution in [2.75, 3.05) is 18.5 Å². The van der Waals surface area contributed by atoms with E-state index in [1.165, 1.54) is 0 Å². The van der Waals surface area contributed by atoms with Gasteiger partial charge in [-0.3, -0.25) is 0 Å². The van der Waals surface area contributed by atoms with Gasteiger partial charge in [-0.05, 0) is 29.9 Å². The number of ether oxygens (including phenoxy) is 2. The summed E-state index contributed by atoms with van der Waals surface area (Å²) in [7, 11) is 0. The molecule has 3 N–H and O–H groups in total. The van der Waals surface area contributed by atoms with E-state index in [9.17, 15) is 0 Å². The Morgan fingerprint density at radius 1 is 1.32 bits per heavy atom. The van der Waals surface area contributed by atoms with Crippen molar-refractivity contribution < 1.29 is 9.47 Å². The number of aliphatic imine (C=N–C) groups is 1. The molecule has 2 aliphatic rings. The Kier molecular flexibility index (Phi) is 3.89. The first-order valence-corrected chi connectivity index (χ1v) is 7.99. The second-order valence-corrected chi connectivity index (χ2v) is 6.73. The maximum absolute atomic E-state index is 6.04. The minimum Gasteiger partial charge on any atom is -0.490 e. The number of anilines is 1. The quantitative estimate of drug-likeness (QED) is 0.665. The van der Waals surface area contributed by atoms with E-state index >= 15 is 0 Å². The zero-order chi connectivity index (χ0) is 15.7. The topological polar surface area (TPSA) is 68.9 Å². The summed E-state index contributed by atoms with van der Waals surface area (Å²) in [5.74, 6) is 2.62. The highest BCUT2D eigenvalue weighted by Gasteiger charge is 2.52. The van der Waals surface area contributed by atoms with Crippen molar-refractivity contribution in [3.05, 3.63) is 18.2 Å². The number of benzene rings is 1. The number of hydrogen-bond donors (Lipinski definition) is 2. The zero-order valence-corrected chi connectivity index (χ0v) is 13.6. The first-order chi connectivity index (χ1) is 10.5. The van der Waals surface area contributed by atoms with Crippen molar-refractivity contribution in [1.82, 2.24) is 0 Å². The van der Waals surface area contributed by atoms with E-state index in [1.54, 1.807) is 0 Å².